The number of nitrogens with zero attached hydrogens (tertiary/aromatic N) is 3. The molecule has 0 saturated carbocycles. The molecule has 0 atom stereocenters. The number of aliphatic hydroxyl groups excluding tert-OH is 1. The van der Waals surface area contributed by atoms with Gasteiger partial charge in [0.25, 0.3) is 0 Å². The Hall–Kier alpha value is -0.680. The summed E-state index contributed by atoms with van der Waals surface area (Å²) in [5.74, 6) is 0. The Bertz CT molecular complexity index is 257. The third-order valence-corrected chi connectivity index (χ3v) is 2.91. The maximum Gasteiger partial charge on any atom is 0.138 e. The molecule has 1 saturated heterocycles. The van der Waals surface area contributed by atoms with Gasteiger partial charge in [-0.25, -0.2) is 0 Å². The lowest BCUT2D eigenvalue weighted by Gasteiger charge is -2.14. The van der Waals surface area contributed by atoms with Crippen LogP contribution in [0.1, 0.15) is 18.5 Å². The van der Waals surface area contributed by atoms with Crippen LogP contribution in [0.25, 0.3) is 0 Å². The fraction of sp³-hybridized carbons (Fsp3) is 0.714. The Kier molecular flexibility index (Phi) is 2.23. The van der Waals surface area contributed by atoms with E-state index in [9.17, 15) is 0 Å². The van der Waals surface area contributed by atoms with Gasteiger partial charge in [0, 0.05) is 24.6 Å². The number of aliphatic hydroxyl groups is 1. The van der Waals surface area contributed by atoms with E-state index in [1.54, 1.807) is 0 Å². The topological polar surface area (TPSA) is 49.3 Å². The van der Waals surface area contributed by atoms with Crippen molar-refractivity contribution in [3.05, 3.63) is 5.69 Å². The maximum atomic E-state index is 8.95. The predicted octanol–water partition coefficient (Wildman–Crippen LogP) is 0.631. The molecule has 5 heteroatoms. The van der Waals surface area contributed by atoms with E-state index in [2.05, 4.69) is 14.5 Å². The highest BCUT2D eigenvalue weighted by Gasteiger charge is 2.18. The van der Waals surface area contributed by atoms with Crippen molar-refractivity contribution < 1.29 is 5.11 Å². The van der Waals surface area contributed by atoms with Gasteiger partial charge in [0.1, 0.15) is 10.7 Å². The standard InChI is InChI=1S/C7H11N3OS/c11-5-6-7(12-9-8-6)10-3-1-2-4-10/h11H,1-5H2. The highest BCUT2D eigenvalue weighted by Crippen LogP contribution is 2.26. The molecule has 1 aromatic rings. The molecule has 2 rings (SSSR count). The summed E-state index contributed by atoms with van der Waals surface area (Å²) in [6, 6.07) is 0. The molecule has 0 bridgehead atoms. The molecule has 1 N–H and O–H groups in total. The summed E-state index contributed by atoms with van der Waals surface area (Å²) < 4.78 is 3.83. The predicted molar refractivity (Wildman–Crippen MR) is 47.3 cm³/mol. The first-order valence-corrected chi connectivity index (χ1v) is 4.86. The van der Waals surface area contributed by atoms with Crippen LogP contribution in [-0.2, 0) is 6.61 Å². The molecule has 66 valence electrons. The molecule has 1 aliphatic heterocycles. The first-order valence-electron chi connectivity index (χ1n) is 4.09. The lowest BCUT2D eigenvalue weighted by Crippen LogP contribution is -2.17. The van der Waals surface area contributed by atoms with E-state index in [0.29, 0.717) is 0 Å². The van der Waals surface area contributed by atoms with Crippen molar-refractivity contribution in [2.75, 3.05) is 18.0 Å². The minimum absolute atomic E-state index is 0.00231. The van der Waals surface area contributed by atoms with E-state index >= 15 is 0 Å². The molecule has 0 spiro atoms. The molecule has 0 aromatic carbocycles. The second-order valence-electron chi connectivity index (χ2n) is 2.88. The van der Waals surface area contributed by atoms with Crippen molar-refractivity contribution in [1.82, 2.24) is 9.59 Å². The molecule has 1 fully saturated rings. The largest absolute Gasteiger partial charge is 0.390 e. The van der Waals surface area contributed by atoms with Crippen molar-refractivity contribution in [2.45, 2.75) is 19.4 Å². The van der Waals surface area contributed by atoms with Crippen molar-refractivity contribution >= 4 is 16.5 Å². The molecule has 4 nitrogen and oxygen atoms in total. The van der Waals surface area contributed by atoms with Crippen LogP contribution < -0.4 is 4.90 Å². The Balaban J connectivity index is 2.19. The Morgan fingerprint density at radius 1 is 1.42 bits per heavy atom. The highest BCUT2D eigenvalue weighted by molar-refractivity contribution is 7.10. The molecule has 0 unspecified atom stereocenters. The van der Waals surface area contributed by atoms with Crippen molar-refractivity contribution in [3.8, 4) is 0 Å². The van der Waals surface area contributed by atoms with E-state index in [1.807, 2.05) is 0 Å². The van der Waals surface area contributed by atoms with Crippen LogP contribution in [-0.4, -0.2) is 27.8 Å². The number of aromatic nitrogens is 2. The quantitative estimate of drug-likeness (QED) is 0.734. The van der Waals surface area contributed by atoms with Crippen molar-refractivity contribution in [3.63, 3.8) is 0 Å². The van der Waals surface area contributed by atoms with E-state index in [4.69, 9.17) is 5.11 Å². The first kappa shape index (κ1) is 7.94. The zero-order chi connectivity index (χ0) is 8.39. The fourth-order valence-electron chi connectivity index (χ4n) is 1.46. The number of rotatable bonds is 2. The molecule has 0 radical (unpaired) electrons. The van der Waals surface area contributed by atoms with Crippen LogP contribution in [0.15, 0.2) is 0 Å². The smallest absolute Gasteiger partial charge is 0.138 e. The lowest BCUT2D eigenvalue weighted by molar-refractivity contribution is 0.277. The van der Waals surface area contributed by atoms with Crippen LogP contribution in [0.4, 0.5) is 5.00 Å². The van der Waals surface area contributed by atoms with E-state index in [-0.39, 0.29) is 6.61 Å². The summed E-state index contributed by atoms with van der Waals surface area (Å²) in [6.07, 6.45) is 2.48. The summed E-state index contributed by atoms with van der Waals surface area (Å²) in [5.41, 5.74) is 0.724. The molecule has 1 aliphatic rings. The van der Waals surface area contributed by atoms with Crippen LogP contribution >= 0.6 is 11.5 Å². The van der Waals surface area contributed by atoms with Gasteiger partial charge >= 0.3 is 0 Å². The average Bonchev–Trinajstić information content (AvgIpc) is 2.74. The molecular formula is C7H11N3OS. The van der Waals surface area contributed by atoms with Gasteiger partial charge in [-0.2, -0.15) is 0 Å². The SMILES string of the molecule is OCc1nnsc1N1CCCC1. The second-order valence-corrected chi connectivity index (χ2v) is 3.61. The molecule has 12 heavy (non-hydrogen) atoms. The van der Waals surface area contributed by atoms with Crippen LogP contribution in [0, 0.1) is 0 Å². The lowest BCUT2D eigenvalue weighted by atomic mass is 10.4. The summed E-state index contributed by atoms with van der Waals surface area (Å²) in [4.78, 5) is 2.25. The summed E-state index contributed by atoms with van der Waals surface area (Å²) >= 11 is 1.38. The zero-order valence-corrected chi connectivity index (χ0v) is 7.55. The summed E-state index contributed by atoms with van der Waals surface area (Å²) in [7, 11) is 0. The number of hydrogen-bond acceptors (Lipinski definition) is 5. The zero-order valence-electron chi connectivity index (χ0n) is 6.73. The van der Waals surface area contributed by atoms with Gasteiger partial charge in [-0.05, 0) is 12.8 Å². The number of anilines is 1. The first-order chi connectivity index (χ1) is 5.92. The Morgan fingerprint density at radius 2 is 2.17 bits per heavy atom. The second kappa shape index (κ2) is 3.37. The Labute approximate surface area is 75.0 Å². The van der Waals surface area contributed by atoms with Gasteiger partial charge in [0.15, 0.2) is 0 Å². The van der Waals surface area contributed by atoms with Gasteiger partial charge in [-0.15, -0.1) is 5.10 Å². The fourth-order valence-corrected chi connectivity index (χ4v) is 2.19. The van der Waals surface area contributed by atoms with Crippen LogP contribution in [0.2, 0.25) is 0 Å². The van der Waals surface area contributed by atoms with Gasteiger partial charge in [0.2, 0.25) is 0 Å². The van der Waals surface area contributed by atoms with Gasteiger partial charge in [0.05, 0.1) is 6.61 Å². The van der Waals surface area contributed by atoms with Crippen molar-refractivity contribution in [2.24, 2.45) is 0 Å². The van der Waals surface area contributed by atoms with E-state index < -0.39 is 0 Å². The van der Waals surface area contributed by atoms with E-state index in [0.717, 1.165) is 23.8 Å². The van der Waals surface area contributed by atoms with Crippen LogP contribution in [0.3, 0.4) is 0 Å². The average molecular weight is 185 g/mol. The highest BCUT2D eigenvalue weighted by atomic mass is 32.1. The molecule has 1 aromatic heterocycles. The Morgan fingerprint density at radius 3 is 2.83 bits per heavy atom. The van der Waals surface area contributed by atoms with Gasteiger partial charge in [-0.3, -0.25) is 0 Å². The van der Waals surface area contributed by atoms with Crippen LogP contribution in [0.5, 0.6) is 0 Å². The normalized spacial score (nSPS) is 17.2. The van der Waals surface area contributed by atoms with Crippen molar-refractivity contribution in [1.29, 1.82) is 0 Å². The molecule has 2 heterocycles. The summed E-state index contributed by atoms with van der Waals surface area (Å²) in [6.45, 7) is 2.16. The minimum atomic E-state index is 0.00231. The molecule has 0 aliphatic carbocycles. The van der Waals surface area contributed by atoms with Gasteiger partial charge < -0.3 is 10.0 Å². The molecule has 0 amide bonds. The van der Waals surface area contributed by atoms with Gasteiger partial charge in [-0.1, -0.05) is 4.49 Å². The third kappa shape index (κ3) is 1.30. The molecular weight excluding hydrogens is 174 g/mol. The minimum Gasteiger partial charge on any atom is -0.390 e. The summed E-state index contributed by atoms with van der Waals surface area (Å²) in [5, 5.41) is 13.9. The monoisotopic (exact) mass is 185 g/mol. The third-order valence-electron chi connectivity index (χ3n) is 2.08. The maximum absolute atomic E-state index is 8.95. The van der Waals surface area contributed by atoms with E-state index in [1.165, 1.54) is 24.4 Å². The number of hydrogen-bond donors (Lipinski definition) is 1.